The van der Waals surface area contributed by atoms with Gasteiger partial charge in [0.15, 0.2) is 0 Å². The second-order valence-corrected chi connectivity index (χ2v) is 9.38. The van der Waals surface area contributed by atoms with E-state index in [1.54, 1.807) is 4.90 Å². The zero-order chi connectivity index (χ0) is 27.8. The highest BCUT2D eigenvalue weighted by Crippen LogP contribution is 2.37. The molecule has 2 N–H and O–H groups in total. The topological polar surface area (TPSA) is 90.3 Å². The maximum absolute atomic E-state index is 13.7. The number of hydrogen-bond donors (Lipinski definition) is 2. The number of aromatic nitrogens is 4. The molecule has 0 aromatic carbocycles. The molecule has 39 heavy (non-hydrogen) atoms. The third-order valence-corrected chi connectivity index (χ3v) is 6.90. The van der Waals surface area contributed by atoms with Crippen molar-refractivity contribution in [1.29, 1.82) is 0 Å². The Bertz CT molecular complexity index is 1320. The van der Waals surface area contributed by atoms with E-state index in [9.17, 15) is 31.4 Å². The maximum atomic E-state index is 13.7. The minimum atomic E-state index is -4.58. The SMILES string of the molecule is OC[C@@H]1CCCN1c1nc2c(c(Nc3ccc(C(F)(F)F)cn3)n1)CCN(c1ncccc1C(F)(F)F)CC2. The Morgan fingerprint density at radius 2 is 1.74 bits per heavy atom. The average Bonchev–Trinajstić information content (AvgIpc) is 3.27. The van der Waals surface area contributed by atoms with Crippen molar-refractivity contribution in [3.63, 3.8) is 0 Å². The molecule has 208 valence electrons. The summed E-state index contributed by atoms with van der Waals surface area (Å²) in [6, 6.07) is 4.13. The predicted molar refractivity (Wildman–Crippen MR) is 131 cm³/mol. The molecular weight excluding hydrogens is 528 g/mol. The molecule has 5 heterocycles. The van der Waals surface area contributed by atoms with Gasteiger partial charge < -0.3 is 20.2 Å². The van der Waals surface area contributed by atoms with Gasteiger partial charge in [0.05, 0.1) is 29.5 Å². The van der Waals surface area contributed by atoms with Crippen molar-refractivity contribution in [3.8, 4) is 0 Å². The van der Waals surface area contributed by atoms with Crippen molar-refractivity contribution in [2.45, 2.75) is 44.1 Å². The van der Waals surface area contributed by atoms with Gasteiger partial charge in [0, 0.05) is 44.0 Å². The molecule has 3 aromatic rings. The normalized spacial score (nSPS) is 18.2. The van der Waals surface area contributed by atoms with Gasteiger partial charge in [-0.2, -0.15) is 31.3 Å². The highest BCUT2D eigenvalue weighted by atomic mass is 19.4. The van der Waals surface area contributed by atoms with Crippen LogP contribution in [0.5, 0.6) is 0 Å². The minimum Gasteiger partial charge on any atom is -0.394 e. The first-order valence-corrected chi connectivity index (χ1v) is 12.4. The molecule has 1 saturated heterocycles. The molecule has 0 spiro atoms. The second kappa shape index (κ2) is 10.5. The largest absolute Gasteiger partial charge is 0.419 e. The van der Waals surface area contributed by atoms with Crippen molar-refractivity contribution < 1.29 is 31.4 Å². The number of fused-ring (bicyclic) bond motifs is 1. The van der Waals surface area contributed by atoms with E-state index < -0.39 is 23.5 Å². The molecule has 5 rings (SSSR count). The monoisotopic (exact) mass is 553 g/mol. The van der Waals surface area contributed by atoms with Gasteiger partial charge in [-0.15, -0.1) is 0 Å². The molecule has 0 amide bonds. The number of aliphatic hydroxyl groups excluding tert-OH is 1. The Hall–Kier alpha value is -3.68. The van der Waals surface area contributed by atoms with Crippen LogP contribution in [0, 0.1) is 0 Å². The number of aliphatic hydroxyl groups is 1. The lowest BCUT2D eigenvalue weighted by molar-refractivity contribution is -0.138. The molecular formula is C25H25F6N7O. The molecule has 0 saturated carbocycles. The van der Waals surface area contributed by atoms with Gasteiger partial charge >= 0.3 is 12.4 Å². The molecule has 1 fully saturated rings. The molecule has 1 atom stereocenters. The third-order valence-electron chi connectivity index (χ3n) is 6.90. The maximum Gasteiger partial charge on any atom is 0.419 e. The molecule has 0 radical (unpaired) electrons. The van der Waals surface area contributed by atoms with Crippen LogP contribution in [-0.4, -0.2) is 57.3 Å². The van der Waals surface area contributed by atoms with Crippen LogP contribution in [0.1, 0.15) is 35.2 Å². The molecule has 14 heteroatoms. The molecule has 8 nitrogen and oxygen atoms in total. The molecule has 2 aliphatic rings. The van der Waals surface area contributed by atoms with Crippen LogP contribution in [-0.2, 0) is 25.2 Å². The lowest BCUT2D eigenvalue weighted by Gasteiger charge is -2.25. The van der Waals surface area contributed by atoms with Gasteiger partial charge in [-0.25, -0.2) is 15.0 Å². The van der Waals surface area contributed by atoms with Crippen LogP contribution < -0.4 is 15.1 Å². The van der Waals surface area contributed by atoms with E-state index in [-0.39, 0.29) is 50.2 Å². The van der Waals surface area contributed by atoms with Gasteiger partial charge in [0.25, 0.3) is 0 Å². The Labute approximate surface area is 219 Å². The smallest absolute Gasteiger partial charge is 0.394 e. The number of halogens is 6. The number of rotatable bonds is 5. The molecule has 0 aliphatic carbocycles. The summed E-state index contributed by atoms with van der Waals surface area (Å²) >= 11 is 0. The Morgan fingerprint density at radius 3 is 2.44 bits per heavy atom. The first-order chi connectivity index (χ1) is 18.5. The molecule has 3 aromatic heterocycles. The van der Waals surface area contributed by atoms with E-state index in [1.807, 2.05) is 4.90 Å². The average molecular weight is 554 g/mol. The van der Waals surface area contributed by atoms with Crippen LogP contribution in [0.25, 0.3) is 0 Å². The number of pyridine rings is 2. The standard InChI is InChI=1S/C25H25F6N7O/c26-24(27,28)15-5-6-20(33-13-15)35-21-17-7-11-37(22-18(25(29,30)31)4-1-9-32-22)12-8-19(17)34-23(36-21)38-10-2-3-16(38)14-39/h1,4-6,9,13,16,39H,2-3,7-8,10-12,14H2,(H,33,34,35,36)/t16-/m0/s1. The lowest BCUT2D eigenvalue weighted by atomic mass is 10.1. The molecule has 0 unspecified atom stereocenters. The summed E-state index contributed by atoms with van der Waals surface area (Å²) in [5.41, 5.74) is -0.500. The van der Waals surface area contributed by atoms with Crippen molar-refractivity contribution in [1.82, 2.24) is 19.9 Å². The minimum absolute atomic E-state index is 0.0999. The summed E-state index contributed by atoms with van der Waals surface area (Å²) < 4.78 is 80.0. The summed E-state index contributed by atoms with van der Waals surface area (Å²) in [4.78, 5) is 20.7. The summed E-state index contributed by atoms with van der Waals surface area (Å²) in [7, 11) is 0. The van der Waals surface area contributed by atoms with Crippen LogP contribution >= 0.6 is 0 Å². The first-order valence-electron chi connectivity index (χ1n) is 12.4. The van der Waals surface area contributed by atoms with E-state index >= 15 is 0 Å². The van der Waals surface area contributed by atoms with Crippen LogP contribution in [0.3, 0.4) is 0 Å². The highest BCUT2D eigenvalue weighted by Gasteiger charge is 2.36. The first kappa shape index (κ1) is 26.9. The Balaban J connectivity index is 1.50. The molecule has 2 aliphatic heterocycles. The van der Waals surface area contributed by atoms with E-state index in [2.05, 4.69) is 20.3 Å². The fourth-order valence-electron chi connectivity index (χ4n) is 4.95. The number of nitrogens with zero attached hydrogens (tertiary/aromatic N) is 6. The summed E-state index contributed by atoms with van der Waals surface area (Å²) in [6.45, 7) is 0.910. The van der Waals surface area contributed by atoms with Gasteiger partial charge in [-0.3, -0.25) is 0 Å². The quantitative estimate of drug-likeness (QED) is 0.443. The third kappa shape index (κ3) is 5.70. The van der Waals surface area contributed by atoms with Crippen LogP contribution in [0.4, 0.5) is 49.7 Å². The number of nitrogens with one attached hydrogen (secondary N) is 1. The van der Waals surface area contributed by atoms with Gasteiger partial charge in [-0.05, 0) is 43.5 Å². The van der Waals surface area contributed by atoms with E-state index in [1.165, 1.54) is 18.3 Å². The summed E-state index contributed by atoms with van der Waals surface area (Å²) in [6.07, 6.45) is -4.98. The van der Waals surface area contributed by atoms with E-state index in [0.717, 1.165) is 25.0 Å². The number of hydrogen-bond acceptors (Lipinski definition) is 8. The van der Waals surface area contributed by atoms with Crippen molar-refractivity contribution in [2.75, 3.05) is 41.4 Å². The van der Waals surface area contributed by atoms with Crippen LogP contribution in [0.15, 0.2) is 36.7 Å². The zero-order valence-electron chi connectivity index (χ0n) is 20.6. The number of alkyl halides is 6. The Kier molecular flexibility index (Phi) is 7.23. The Morgan fingerprint density at radius 1 is 0.949 bits per heavy atom. The fourth-order valence-corrected chi connectivity index (χ4v) is 4.95. The summed E-state index contributed by atoms with van der Waals surface area (Å²) in [5.74, 6) is 0.594. The van der Waals surface area contributed by atoms with Gasteiger partial charge in [-0.1, -0.05) is 0 Å². The van der Waals surface area contributed by atoms with Crippen molar-refractivity contribution in [3.05, 3.63) is 59.0 Å². The van der Waals surface area contributed by atoms with E-state index in [0.29, 0.717) is 35.8 Å². The predicted octanol–water partition coefficient (Wildman–Crippen LogP) is 4.61. The zero-order valence-corrected chi connectivity index (χ0v) is 20.6. The van der Waals surface area contributed by atoms with Crippen LogP contribution in [0.2, 0.25) is 0 Å². The van der Waals surface area contributed by atoms with Crippen molar-refractivity contribution in [2.24, 2.45) is 0 Å². The second-order valence-electron chi connectivity index (χ2n) is 9.38. The lowest BCUT2D eigenvalue weighted by Crippen LogP contribution is -2.34. The highest BCUT2D eigenvalue weighted by molar-refractivity contribution is 5.61. The fraction of sp³-hybridized carbons (Fsp3) is 0.440. The van der Waals surface area contributed by atoms with E-state index in [4.69, 9.17) is 4.98 Å². The summed E-state index contributed by atoms with van der Waals surface area (Å²) in [5, 5.41) is 12.8. The molecule has 0 bridgehead atoms. The van der Waals surface area contributed by atoms with Gasteiger partial charge in [0.1, 0.15) is 17.5 Å². The van der Waals surface area contributed by atoms with Crippen molar-refractivity contribution >= 4 is 23.4 Å². The van der Waals surface area contributed by atoms with Gasteiger partial charge in [0.2, 0.25) is 5.95 Å². The number of anilines is 4.